The SMILES string of the molecule is CCOC(=O)c1cc(Br)cc2c1CCN2. The number of nitrogens with one attached hydrogen (secondary N) is 1. The van der Waals surface area contributed by atoms with E-state index < -0.39 is 0 Å². The summed E-state index contributed by atoms with van der Waals surface area (Å²) in [5.41, 5.74) is 2.77. The van der Waals surface area contributed by atoms with Gasteiger partial charge in [0.05, 0.1) is 12.2 Å². The number of carbonyl (C=O) groups excluding carboxylic acids is 1. The van der Waals surface area contributed by atoms with E-state index in [9.17, 15) is 4.79 Å². The van der Waals surface area contributed by atoms with Crippen LogP contribution in [0.5, 0.6) is 0 Å². The lowest BCUT2D eigenvalue weighted by Gasteiger charge is -2.08. The summed E-state index contributed by atoms with van der Waals surface area (Å²) in [6.45, 7) is 3.11. The number of anilines is 1. The summed E-state index contributed by atoms with van der Waals surface area (Å²) in [7, 11) is 0. The predicted octanol–water partition coefficient (Wildman–Crippen LogP) is 2.59. The van der Waals surface area contributed by atoms with Gasteiger partial charge in [0.15, 0.2) is 0 Å². The molecule has 0 amide bonds. The van der Waals surface area contributed by atoms with Crippen LogP contribution in [0, 0.1) is 0 Å². The molecule has 0 atom stereocenters. The minimum absolute atomic E-state index is 0.237. The average Bonchev–Trinajstić information content (AvgIpc) is 2.64. The van der Waals surface area contributed by atoms with Crippen molar-refractivity contribution in [2.24, 2.45) is 0 Å². The van der Waals surface area contributed by atoms with Crippen LogP contribution in [0.15, 0.2) is 16.6 Å². The number of carbonyl (C=O) groups is 1. The second-order valence-corrected chi connectivity index (χ2v) is 4.29. The number of hydrogen-bond acceptors (Lipinski definition) is 3. The normalized spacial score (nSPS) is 13.2. The molecule has 0 bridgehead atoms. The molecule has 0 radical (unpaired) electrons. The largest absolute Gasteiger partial charge is 0.462 e. The maximum Gasteiger partial charge on any atom is 0.338 e. The Morgan fingerprint density at radius 2 is 2.40 bits per heavy atom. The highest BCUT2D eigenvalue weighted by molar-refractivity contribution is 9.10. The van der Waals surface area contributed by atoms with Gasteiger partial charge in [-0.3, -0.25) is 0 Å². The molecule has 4 heteroatoms. The van der Waals surface area contributed by atoms with E-state index in [1.54, 1.807) is 0 Å². The van der Waals surface area contributed by atoms with Gasteiger partial charge >= 0.3 is 5.97 Å². The van der Waals surface area contributed by atoms with Crippen molar-refractivity contribution >= 4 is 27.6 Å². The maximum atomic E-state index is 11.7. The lowest BCUT2D eigenvalue weighted by Crippen LogP contribution is -2.07. The zero-order valence-electron chi connectivity index (χ0n) is 8.47. The Morgan fingerprint density at radius 3 is 3.13 bits per heavy atom. The van der Waals surface area contributed by atoms with E-state index in [2.05, 4.69) is 21.2 Å². The first-order valence-electron chi connectivity index (χ1n) is 4.95. The van der Waals surface area contributed by atoms with Crippen molar-refractivity contribution in [3.05, 3.63) is 27.7 Å². The van der Waals surface area contributed by atoms with Gasteiger partial charge in [-0.05, 0) is 31.0 Å². The fourth-order valence-electron chi connectivity index (χ4n) is 1.78. The van der Waals surface area contributed by atoms with Gasteiger partial charge in [-0.1, -0.05) is 15.9 Å². The third kappa shape index (κ3) is 2.00. The highest BCUT2D eigenvalue weighted by Crippen LogP contribution is 2.30. The molecule has 1 aromatic carbocycles. The van der Waals surface area contributed by atoms with E-state index >= 15 is 0 Å². The Morgan fingerprint density at radius 1 is 1.60 bits per heavy atom. The third-order valence-electron chi connectivity index (χ3n) is 2.40. The Bertz CT molecular complexity index is 404. The molecule has 0 saturated heterocycles. The lowest BCUT2D eigenvalue weighted by atomic mass is 10.1. The van der Waals surface area contributed by atoms with E-state index in [1.807, 2.05) is 19.1 Å². The summed E-state index contributed by atoms with van der Waals surface area (Å²) in [5.74, 6) is -0.237. The van der Waals surface area contributed by atoms with Crippen molar-refractivity contribution in [2.75, 3.05) is 18.5 Å². The molecule has 0 aliphatic carbocycles. The molecule has 3 nitrogen and oxygen atoms in total. The summed E-state index contributed by atoms with van der Waals surface area (Å²) in [4.78, 5) is 11.7. The Labute approximate surface area is 96.9 Å². The van der Waals surface area contributed by atoms with Crippen molar-refractivity contribution in [1.82, 2.24) is 0 Å². The molecule has 1 heterocycles. The molecule has 0 fully saturated rings. The van der Waals surface area contributed by atoms with Crippen molar-refractivity contribution in [1.29, 1.82) is 0 Å². The van der Waals surface area contributed by atoms with E-state index in [4.69, 9.17) is 4.74 Å². The van der Waals surface area contributed by atoms with Crippen LogP contribution in [0.25, 0.3) is 0 Å². The monoisotopic (exact) mass is 269 g/mol. The third-order valence-corrected chi connectivity index (χ3v) is 2.86. The maximum absolute atomic E-state index is 11.7. The summed E-state index contributed by atoms with van der Waals surface area (Å²) in [5, 5.41) is 3.24. The molecule has 1 aromatic rings. The average molecular weight is 270 g/mol. The first kappa shape index (κ1) is 10.5. The Balaban J connectivity index is 2.42. The summed E-state index contributed by atoms with van der Waals surface area (Å²) >= 11 is 3.39. The number of ether oxygens (including phenoxy) is 1. The molecule has 2 rings (SSSR count). The van der Waals surface area contributed by atoms with Crippen molar-refractivity contribution in [2.45, 2.75) is 13.3 Å². The summed E-state index contributed by atoms with van der Waals surface area (Å²) in [6, 6.07) is 3.81. The fraction of sp³-hybridized carbons (Fsp3) is 0.364. The van der Waals surface area contributed by atoms with Crippen LogP contribution < -0.4 is 5.32 Å². The number of benzene rings is 1. The molecular weight excluding hydrogens is 258 g/mol. The molecule has 0 saturated carbocycles. The molecule has 1 aliphatic heterocycles. The molecule has 80 valence electrons. The van der Waals surface area contributed by atoms with Gasteiger partial charge in [0.25, 0.3) is 0 Å². The van der Waals surface area contributed by atoms with Crippen LogP contribution in [0.4, 0.5) is 5.69 Å². The van der Waals surface area contributed by atoms with E-state index in [0.717, 1.165) is 28.7 Å². The molecule has 15 heavy (non-hydrogen) atoms. The zero-order valence-corrected chi connectivity index (χ0v) is 10.1. The Hall–Kier alpha value is -1.03. The molecule has 1 aliphatic rings. The molecule has 0 aromatic heterocycles. The second-order valence-electron chi connectivity index (χ2n) is 3.38. The Kier molecular flexibility index (Phi) is 2.95. The topological polar surface area (TPSA) is 38.3 Å². The van der Waals surface area contributed by atoms with Gasteiger partial charge in [0.1, 0.15) is 0 Å². The first-order valence-corrected chi connectivity index (χ1v) is 5.75. The minimum atomic E-state index is -0.237. The summed E-state index contributed by atoms with van der Waals surface area (Å²) < 4.78 is 5.92. The molecule has 1 N–H and O–H groups in total. The van der Waals surface area contributed by atoms with Crippen LogP contribution in [0.3, 0.4) is 0 Å². The highest BCUT2D eigenvalue weighted by Gasteiger charge is 2.20. The lowest BCUT2D eigenvalue weighted by molar-refractivity contribution is 0.0525. The van der Waals surface area contributed by atoms with Gasteiger partial charge in [-0.15, -0.1) is 0 Å². The second kappa shape index (κ2) is 4.23. The standard InChI is InChI=1S/C11H12BrNO2/c1-2-15-11(14)9-5-7(12)6-10-8(9)3-4-13-10/h5-6,13H,2-4H2,1H3. The van der Waals surface area contributed by atoms with Crippen LogP contribution >= 0.6 is 15.9 Å². The van der Waals surface area contributed by atoms with Crippen LogP contribution in [0.2, 0.25) is 0 Å². The van der Waals surface area contributed by atoms with Crippen LogP contribution in [-0.4, -0.2) is 19.1 Å². The van der Waals surface area contributed by atoms with E-state index in [1.165, 1.54) is 0 Å². The van der Waals surface area contributed by atoms with E-state index in [0.29, 0.717) is 12.2 Å². The summed E-state index contributed by atoms with van der Waals surface area (Å²) in [6.07, 6.45) is 0.886. The number of esters is 1. The van der Waals surface area contributed by atoms with Gasteiger partial charge in [-0.2, -0.15) is 0 Å². The van der Waals surface area contributed by atoms with Gasteiger partial charge in [0, 0.05) is 16.7 Å². The highest BCUT2D eigenvalue weighted by atomic mass is 79.9. The van der Waals surface area contributed by atoms with Crippen molar-refractivity contribution in [3.63, 3.8) is 0 Å². The fourth-order valence-corrected chi connectivity index (χ4v) is 2.23. The predicted molar refractivity (Wildman–Crippen MR) is 62.3 cm³/mol. The first-order chi connectivity index (χ1) is 7.22. The smallest absolute Gasteiger partial charge is 0.338 e. The van der Waals surface area contributed by atoms with Gasteiger partial charge in [0.2, 0.25) is 0 Å². The molecular formula is C11H12BrNO2. The molecule has 0 unspecified atom stereocenters. The van der Waals surface area contributed by atoms with Crippen LogP contribution in [-0.2, 0) is 11.2 Å². The molecule has 0 spiro atoms. The van der Waals surface area contributed by atoms with Gasteiger partial charge < -0.3 is 10.1 Å². The van der Waals surface area contributed by atoms with Crippen molar-refractivity contribution in [3.8, 4) is 0 Å². The van der Waals surface area contributed by atoms with Crippen LogP contribution in [0.1, 0.15) is 22.8 Å². The quantitative estimate of drug-likeness (QED) is 0.839. The number of hydrogen-bond donors (Lipinski definition) is 1. The number of fused-ring (bicyclic) bond motifs is 1. The van der Waals surface area contributed by atoms with Crippen molar-refractivity contribution < 1.29 is 9.53 Å². The number of halogens is 1. The van der Waals surface area contributed by atoms with E-state index in [-0.39, 0.29) is 5.97 Å². The zero-order chi connectivity index (χ0) is 10.8. The number of rotatable bonds is 2. The minimum Gasteiger partial charge on any atom is -0.462 e. The van der Waals surface area contributed by atoms with Gasteiger partial charge in [-0.25, -0.2) is 4.79 Å².